The molecular formula is C21H25FN2O4S. The minimum Gasteiger partial charge on any atom is -0.466 e. The molecule has 1 aliphatic rings. The second-order valence-electron chi connectivity index (χ2n) is 7.29. The fraction of sp³-hybridized carbons (Fsp3) is 0.476. The Hall–Kier alpha value is -2.48. The zero-order valence-electron chi connectivity index (χ0n) is 16.9. The highest BCUT2D eigenvalue weighted by Crippen LogP contribution is 2.32. The molecule has 0 bridgehead atoms. The summed E-state index contributed by atoms with van der Waals surface area (Å²) in [6.07, 6.45) is 1.43. The third-order valence-electron chi connectivity index (χ3n) is 5.21. The molecule has 1 atom stereocenters. The number of ether oxygens (including phenoxy) is 1. The van der Waals surface area contributed by atoms with E-state index in [2.05, 4.69) is 0 Å². The van der Waals surface area contributed by atoms with Crippen molar-refractivity contribution in [1.82, 2.24) is 9.80 Å². The molecule has 1 fully saturated rings. The lowest BCUT2D eigenvalue weighted by Gasteiger charge is -2.32. The van der Waals surface area contributed by atoms with Crippen LogP contribution in [0.4, 0.5) is 4.39 Å². The number of hydrogen-bond donors (Lipinski definition) is 0. The van der Waals surface area contributed by atoms with Crippen LogP contribution in [-0.2, 0) is 14.3 Å². The van der Waals surface area contributed by atoms with Crippen molar-refractivity contribution in [2.45, 2.75) is 26.7 Å². The van der Waals surface area contributed by atoms with E-state index in [-0.39, 0.29) is 36.1 Å². The van der Waals surface area contributed by atoms with Crippen molar-refractivity contribution in [3.8, 4) is 0 Å². The summed E-state index contributed by atoms with van der Waals surface area (Å²) in [4.78, 5) is 41.1. The highest BCUT2D eigenvalue weighted by atomic mass is 32.1. The maximum absolute atomic E-state index is 13.5. The molecule has 2 aromatic rings. The molecular weight excluding hydrogens is 395 g/mol. The number of carbonyl (C=O) groups is 3. The van der Waals surface area contributed by atoms with Gasteiger partial charge in [0.2, 0.25) is 5.91 Å². The molecule has 8 heteroatoms. The van der Waals surface area contributed by atoms with Crippen LogP contribution in [0, 0.1) is 18.7 Å². The van der Waals surface area contributed by atoms with Crippen molar-refractivity contribution in [3.63, 3.8) is 0 Å². The molecule has 1 unspecified atom stereocenters. The average Bonchev–Trinajstić information content (AvgIpc) is 3.03. The van der Waals surface area contributed by atoms with Crippen molar-refractivity contribution >= 4 is 39.2 Å². The van der Waals surface area contributed by atoms with Gasteiger partial charge in [-0.25, -0.2) is 4.39 Å². The molecule has 0 spiro atoms. The molecule has 2 heterocycles. The topological polar surface area (TPSA) is 66.9 Å². The number of halogens is 1. The van der Waals surface area contributed by atoms with Crippen molar-refractivity contribution in [3.05, 3.63) is 34.5 Å². The van der Waals surface area contributed by atoms with Crippen LogP contribution in [0.3, 0.4) is 0 Å². The summed E-state index contributed by atoms with van der Waals surface area (Å²) < 4.78 is 19.4. The Morgan fingerprint density at radius 2 is 2.10 bits per heavy atom. The number of hydrogen-bond acceptors (Lipinski definition) is 5. The van der Waals surface area contributed by atoms with E-state index in [0.29, 0.717) is 41.9 Å². The first-order chi connectivity index (χ1) is 13.8. The summed E-state index contributed by atoms with van der Waals surface area (Å²) in [6, 6.07) is 4.45. The van der Waals surface area contributed by atoms with Gasteiger partial charge in [0.15, 0.2) is 0 Å². The first-order valence-electron chi connectivity index (χ1n) is 9.70. The Bertz CT molecular complexity index is 942. The summed E-state index contributed by atoms with van der Waals surface area (Å²) in [7, 11) is 1.58. The molecule has 2 amide bonds. The monoisotopic (exact) mass is 420 g/mol. The SMILES string of the molecule is CCOC(=O)C1CCCN(C(=O)CN(C)C(=O)c2sc3ccc(F)cc3c2C)C1. The van der Waals surface area contributed by atoms with E-state index in [4.69, 9.17) is 4.74 Å². The summed E-state index contributed by atoms with van der Waals surface area (Å²) in [5, 5.41) is 0.714. The predicted molar refractivity (Wildman–Crippen MR) is 109 cm³/mol. The zero-order chi connectivity index (χ0) is 21.1. The second kappa shape index (κ2) is 8.90. The van der Waals surface area contributed by atoms with Crippen LogP contribution in [0.25, 0.3) is 10.1 Å². The number of fused-ring (bicyclic) bond motifs is 1. The quantitative estimate of drug-likeness (QED) is 0.697. The highest BCUT2D eigenvalue weighted by Gasteiger charge is 2.30. The molecule has 0 radical (unpaired) electrons. The van der Waals surface area contributed by atoms with Crippen LogP contribution in [0.15, 0.2) is 18.2 Å². The largest absolute Gasteiger partial charge is 0.466 e. The molecule has 1 aromatic carbocycles. The third-order valence-corrected chi connectivity index (χ3v) is 6.47. The maximum Gasteiger partial charge on any atom is 0.310 e. The molecule has 0 N–H and O–H groups in total. The second-order valence-corrected chi connectivity index (χ2v) is 8.34. The van der Waals surface area contributed by atoms with Gasteiger partial charge in [-0.3, -0.25) is 14.4 Å². The van der Waals surface area contributed by atoms with Gasteiger partial charge in [-0.15, -0.1) is 11.3 Å². The first-order valence-corrected chi connectivity index (χ1v) is 10.5. The molecule has 3 rings (SSSR count). The Labute approximate surface area is 173 Å². The van der Waals surface area contributed by atoms with Crippen LogP contribution < -0.4 is 0 Å². The Morgan fingerprint density at radius 3 is 2.83 bits per heavy atom. The van der Waals surface area contributed by atoms with Crippen molar-refractivity contribution in [2.75, 3.05) is 33.3 Å². The summed E-state index contributed by atoms with van der Waals surface area (Å²) >= 11 is 1.30. The number of nitrogens with zero attached hydrogens (tertiary/aromatic N) is 2. The minimum absolute atomic E-state index is 0.0730. The van der Waals surface area contributed by atoms with Gasteiger partial charge in [-0.05, 0) is 55.8 Å². The molecule has 29 heavy (non-hydrogen) atoms. The summed E-state index contributed by atoms with van der Waals surface area (Å²) in [5.41, 5.74) is 0.717. The van der Waals surface area contributed by atoms with E-state index in [1.807, 2.05) is 0 Å². The highest BCUT2D eigenvalue weighted by molar-refractivity contribution is 7.21. The number of aryl methyl sites for hydroxylation is 1. The summed E-state index contributed by atoms with van der Waals surface area (Å²) in [6.45, 7) is 4.68. The standard InChI is InChI=1S/C21H25FN2O4S/c1-4-28-21(27)14-6-5-9-24(11-14)18(25)12-23(3)20(26)19-13(2)16-10-15(22)7-8-17(16)29-19/h7-8,10,14H,4-6,9,11-12H2,1-3H3. The lowest BCUT2D eigenvalue weighted by Crippen LogP contribution is -2.47. The number of esters is 1. The van der Waals surface area contributed by atoms with Gasteiger partial charge >= 0.3 is 5.97 Å². The van der Waals surface area contributed by atoms with Gasteiger partial charge in [-0.1, -0.05) is 0 Å². The average molecular weight is 421 g/mol. The number of thiophene rings is 1. The third kappa shape index (κ3) is 4.58. The number of rotatable bonds is 5. The molecule has 1 aliphatic heterocycles. The smallest absolute Gasteiger partial charge is 0.310 e. The lowest BCUT2D eigenvalue weighted by atomic mass is 9.98. The number of benzene rings is 1. The van der Waals surface area contributed by atoms with Gasteiger partial charge in [0, 0.05) is 24.8 Å². The minimum atomic E-state index is -0.345. The molecule has 0 saturated carbocycles. The fourth-order valence-electron chi connectivity index (χ4n) is 3.60. The fourth-order valence-corrected chi connectivity index (χ4v) is 4.79. The van der Waals surface area contributed by atoms with Crippen molar-refractivity contribution in [1.29, 1.82) is 0 Å². The van der Waals surface area contributed by atoms with Crippen LogP contribution in [0.5, 0.6) is 0 Å². The van der Waals surface area contributed by atoms with Crippen LogP contribution in [0.1, 0.15) is 35.0 Å². The molecule has 1 aromatic heterocycles. The van der Waals surface area contributed by atoms with E-state index >= 15 is 0 Å². The Balaban J connectivity index is 1.67. The number of likely N-dealkylation sites (N-methyl/N-ethyl adjacent to an activating group) is 1. The van der Waals surface area contributed by atoms with Gasteiger partial charge in [0.1, 0.15) is 5.82 Å². The Kier molecular flexibility index (Phi) is 6.52. The predicted octanol–water partition coefficient (Wildman–Crippen LogP) is 3.22. The maximum atomic E-state index is 13.5. The van der Waals surface area contributed by atoms with Gasteiger partial charge in [0.25, 0.3) is 5.91 Å². The molecule has 0 aliphatic carbocycles. The first kappa shape index (κ1) is 21.2. The van der Waals surface area contributed by atoms with Crippen LogP contribution in [-0.4, -0.2) is 60.9 Å². The van der Waals surface area contributed by atoms with E-state index in [0.717, 1.165) is 11.1 Å². The molecule has 1 saturated heterocycles. The van der Waals surface area contributed by atoms with Crippen LogP contribution in [0.2, 0.25) is 0 Å². The zero-order valence-corrected chi connectivity index (χ0v) is 17.7. The normalized spacial score (nSPS) is 16.7. The lowest BCUT2D eigenvalue weighted by molar-refractivity contribution is -0.151. The van der Waals surface area contributed by atoms with Gasteiger partial charge in [0.05, 0.1) is 23.9 Å². The molecule has 156 valence electrons. The van der Waals surface area contributed by atoms with Crippen molar-refractivity contribution < 1.29 is 23.5 Å². The van der Waals surface area contributed by atoms with E-state index < -0.39 is 0 Å². The van der Waals surface area contributed by atoms with Gasteiger partial charge < -0.3 is 14.5 Å². The Morgan fingerprint density at radius 1 is 1.34 bits per heavy atom. The van der Waals surface area contributed by atoms with E-state index in [1.165, 1.54) is 28.4 Å². The van der Waals surface area contributed by atoms with Crippen LogP contribution >= 0.6 is 11.3 Å². The number of amides is 2. The van der Waals surface area contributed by atoms with E-state index in [9.17, 15) is 18.8 Å². The number of carbonyl (C=O) groups excluding carboxylic acids is 3. The van der Waals surface area contributed by atoms with Gasteiger partial charge in [-0.2, -0.15) is 0 Å². The number of piperidine rings is 1. The number of likely N-dealkylation sites (tertiary alicyclic amines) is 1. The summed E-state index contributed by atoms with van der Waals surface area (Å²) in [5.74, 6) is -1.39. The molecule has 6 nitrogen and oxygen atoms in total. The van der Waals surface area contributed by atoms with E-state index in [1.54, 1.807) is 31.9 Å². The van der Waals surface area contributed by atoms with Crippen molar-refractivity contribution in [2.24, 2.45) is 5.92 Å².